The Labute approximate surface area is 441 Å². The number of ketones is 1. The van der Waals surface area contributed by atoms with E-state index in [0.29, 0.717) is 5.56 Å². The Balaban J connectivity index is 1.50. The molecule has 4 aromatic rings. The molecule has 1 amide bonds. The highest BCUT2D eigenvalue weighted by Gasteiger charge is 2.58. The summed E-state index contributed by atoms with van der Waals surface area (Å²) in [4.78, 5) is 65.7. The molecule has 0 aliphatic carbocycles. The van der Waals surface area contributed by atoms with E-state index in [1.54, 1.807) is 24.3 Å². The first kappa shape index (κ1) is 57.5. The van der Waals surface area contributed by atoms with Crippen LogP contribution in [0.25, 0.3) is 0 Å². The molecule has 394 valence electrons. The predicted octanol–water partition coefficient (Wildman–Crippen LogP) is 6.19. The Morgan fingerprint density at radius 3 is 1.63 bits per heavy atom. The number of ether oxygens (including phenoxy) is 8. The normalized spacial score (nSPS) is 24.5. The summed E-state index contributed by atoms with van der Waals surface area (Å²) in [7, 11) is -3.39. The van der Waals surface area contributed by atoms with Crippen LogP contribution in [0, 0.1) is 0 Å². The van der Waals surface area contributed by atoms with Crippen molar-refractivity contribution in [3.8, 4) is 0 Å². The second-order valence-corrected chi connectivity index (χ2v) is 25.3. The summed E-state index contributed by atoms with van der Waals surface area (Å²) in [6.07, 6.45) is -14.5. The van der Waals surface area contributed by atoms with Crippen molar-refractivity contribution < 1.29 is 71.4 Å². The van der Waals surface area contributed by atoms with Crippen LogP contribution in [-0.4, -0.2) is 121 Å². The molecule has 16 nitrogen and oxygen atoms in total. The minimum atomic E-state index is -3.39. The maximum absolute atomic E-state index is 13.8. The van der Waals surface area contributed by atoms with E-state index in [9.17, 15) is 29.1 Å². The molecule has 6 rings (SSSR count). The number of Topliss-reactive ketones (excluding diaryl/α,β-unsaturated/α-hetero) is 1. The van der Waals surface area contributed by atoms with E-state index in [0.717, 1.165) is 29.8 Å². The van der Waals surface area contributed by atoms with E-state index >= 15 is 0 Å². The number of benzene rings is 4. The highest BCUT2D eigenvalue weighted by Crippen LogP contribution is 2.40. The quantitative estimate of drug-likeness (QED) is 0.0414. The topological polar surface area (TPSA) is 201 Å². The van der Waals surface area contributed by atoms with Gasteiger partial charge in [-0.05, 0) is 33.5 Å². The predicted molar refractivity (Wildman–Crippen MR) is 272 cm³/mol. The molecular weight excluding hydrogens is 1030 g/mol. The average Bonchev–Trinajstić information content (AvgIpc) is 3.34. The fourth-order valence-electron chi connectivity index (χ4n) is 8.96. The van der Waals surface area contributed by atoms with Crippen molar-refractivity contribution in [2.45, 2.75) is 138 Å². The summed E-state index contributed by atoms with van der Waals surface area (Å²) in [6.45, 7) is 9.17. The first-order valence-corrected chi connectivity index (χ1v) is 26.8. The summed E-state index contributed by atoms with van der Waals surface area (Å²) in [6, 6.07) is 36.1. The van der Waals surface area contributed by atoms with Crippen LogP contribution < -0.4 is 15.7 Å². The zero-order chi connectivity index (χ0) is 52.9. The van der Waals surface area contributed by atoms with Crippen molar-refractivity contribution in [2.75, 3.05) is 13.2 Å². The molecule has 2 saturated heterocycles. The molecular formula is C53H62Cl3NO15Si. The molecule has 0 bridgehead atoms. The Morgan fingerprint density at radius 2 is 1.12 bits per heavy atom. The molecule has 2 fully saturated rings. The van der Waals surface area contributed by atoms with Crippen LogP contribution in [0.1, 0.15) is 65.5 Å². The third-order valence-electron chi connectivity index (χ3n) is 12.2. The molecule has 0 saturated carbocycles. The van der Waals surface area contributed by atoms with E-state index in [4.69, 9.17) is 77.1 Å². The summed E-state index contributed by atoms with van der Waals surface area (Å²) in [5, 5.41) is 15.5. The van der Waals surface area contributed by atoms with E-state index in [-0.39, 0.29) is 45.1 Å². The second kappa shape index (κ2) is 26.1. The zero-order valence-corrected chi connectivity index (χ0v) is 44.6. The Kier molecular flexibility index (Phi) is 20.6. The summed E-state index contributed by atoms with van der Waals surface area (Å²) in [5.41, 5.74) is 1.49. The highest BCUT2D eigenvalue weighted by molar-refractivity contribution is 6.99. The molecule has 2 aliphatic rings. The second-order valence-electron chi connectivity index (χ2n) is 18.7. The number of aliphatic hydroxyl groups is 1. The minimum absolute atomic E-state index is 0.0898. The van der Waals surface area contributed by atoms with Gasteiger partial charge in [0.15, 0.2) is 30.9 Å². The van der Waals surface area contributed by atoms with E-state index < -0.39 is 102 Å². The molecule has 0 aromatic heterocycles. The average molecular weight is 1090 g/mol. The van der Waals surface area contributed by atoms with Crippen molar-refractivity contribution in [1.82, 2.24) is 5.32 Å². The lowest BCUT2D eigenvalue weighted by atomic mass is 9.94. The summed E-state index contributed by atoms with van der Waals surface area (Å²) < 4.78 is 55.6. The smallest absolute Gasteiger partial charge is 0.306 e. The Hall–Kier alpha value is -4.76. The maximum atomic E-state index is 13.8. The van der Waals surface area contributed by atoms with Crippen molar-refractivity contribution in [3.05, 3.63) is 132 Å². The van der Waals surface area contributed by atoms with Gasteiger partial charge in [-0.1, -0.05) is 177 Å². The van der Waals surface area contributed by atoms with Crippen LogP contribution >= 0.6 is 34.8 Å². The van der Waals surface area contributed by atoms with Crippen molar-refractivity contribution in [2.24, 2.45) is 0 Å². The minimum Gasteiger partial charge on any atom is -0.456 e. The molecule has 4 aromatic carbocycles. The van der Waals surface area contributed by atoms with Gasteiger partial charge in [0, 0.05) is 20.3 Å². The third-order valence-corrected chi connectivity index (χ3v) is 17.7. The molecule has 73 heavy (non-hydrogen) atoms. The van der Waals surface area contributed by atoms with Gasteiger partial charge >= 0.3 is 17.9 Å². The van der Waals surface area contributed by atoms with Crippen molar-refractivity contribution in [3.63, 3.8) is 0 Å². The number of halogens is 3. The zero-order valence-electron chi connectivity index (χ0n) is 41.4. The van der Waals surface area contributed by atoms with Gasteiger partial charge in [0.1, 0.15) is 36.2 Å². The number of amides is 1. The largest absolute Gasteiger partial charge is 0.456 e. The molecule has 2 aliphatic heterocycles. The lowest BCUT2D eigenvalue weighted by Crippen LogP contribution is -2.70. The molecule has 10 atom stereocenters. The molecule has 0 radical (unpaired) electrons. The number of carbonyl (C=O) groups is 5. The van der Waals surface area contributed by atoms with Gasteiger partial charge in [-0.25, -0.2) is 0 Å². The Bertz CT molecular complexity index is 2390. The van der Waals surface area contributed by atoms with Crippen LogP contribution in [0.2, 0.25) is 5.04 Å². The van der Waals surface area contributed by atoms with E-state index in [1.165, 1.54) is 6.92 Å². The summed E-state index contributed by atoms with van der Waals surface area (Å²) in [5.74, 6) is -4.00. The van der Waals surface area contributed by atoms with E-state index in [2.05, 4.69) is 26.1 Å². The molecule has 20 heteroatoms. The lowest BCUT2D eigenvalue weighted by molar-refractivity contribution is -0.350. The lowest BCUT2D eigenvalue weighted by Gasteiger charge is -2.50. The van der Waals surface area contributed by atoms with Gasteiger partial charge < -0.3 is 57.5 Å². The first-order chi connectivity index (χ1) is 34.7. The van der Waals surface area contributed by atoms with Crippen LogP contribution in [0.5, 0.6) is 0 Å². The molecule has 2 N–H and O–H groups in total. The first-order valence-electron chi connectivity index (χ1n) is 23.8. The number of hydrogen-bond acceptors (Lipinski definition) is 15. The number of esters is 3. The monoisotopic (exact) mass is 1090 g/mol. The number of alkyl halides is 3. The number of hydrogen-bond donors (Lipinski definition) is 2. The Morgan fingerprint density at radius 1 is 0.616 bits per heavy atom. The van der Waals surface area contributed by atoms with Crippen LogP contribution in [-0.2, 0) is 79.5 Å². The van der Waals surface area contributed by atoms with Gasteiger partial charge in [-0.3, -0.25) is 19.2 Å². The van der Waals surface area contributed by atoms with Gasteiger partial charge in [-0.2, -0.15) is 0 Å². The summed E-state index contributed by atoms with van der Waals surface area (Å²) >= 11 is 18.1. The SMILES string of the molecule is CC(=O)CCC(=O)O[C@H]1[C@@H](OC(C)=O)[C@@H](CO[Si](c2ccccc2)(c2ccccc2)C(C)(C)C)O[C@@H](O[C@H]2[C@H](OCc3ccccc3)[C@@H](NC(=O)C(Cl)(Cl)Cl)C(O)O[C@@H]2COCc2ccccc2)[C@@H]1OC(C)=O. The van der Waals surface area contributed by atoms with Crippen LogP contribution in [0.3, 0.4) is 0 Å². The molecule has 2 heterocycles. The number of nitrogens with one attached hydrogen (secondary N) is 1. The number of carbonyl (C=O) groups excluding carboxylic acids is 5. The van der Waals surface area contributed by atoms with Gasteiger partial charge in [-0.15, -0.1) is 0 Å². The third kappa shape index (κ3) is 15.4. The fourth-order valence-corrected chi connectivity index (χ4v) is 13.7. The number of aliphatic hydroxyl groups excluding tert-OH is 1. The maximum Gasteiger partial charge on any atom is 0.306 e. The van der Waals surface area contributed by atoms with Crippen LogP contribution in [0.15, 0.2) is 121 Å². The standard InChI is InChI=1S/C53H62Cl3NO15Si/c1-33(58)27-28-42(61)71-47-45(67-34(2)59)41(32-66-73(52(4,5)6,38-23-15-9-16-24-38)39-25-17-10-18-26-39)70-50(48(47)68-35(3)60)72-44-40(31-64-29-36-19-11-7-12-20-36)69-49(62)43(57-51(63)53(54,55)56)46(44)65-30-37-21-13-8-14-22-37/h7-26,40-41,43-50,62H,27-32H2,1-6H3,(H,57,63)/t40-,41-,43-,44-,45+,46-,47+,48-,49?,50+/m1/s1. The van der Waals surface area contributed by atoms with Crippen molar-refractivity contribution >= 4 is 83.1 Å². The van der Waals surface area contributed by atoms with Gasteiger partial charge in [0.2, 0.25) is 0 Å². The molecule has 1 unspecified atom stereocenters. The number of rotatable bonds is 21. The van der Waals surface area contributed by atoms with Crippen molar-refractivity contribution in [1.29, 1.82) is 0 Å². The molecule has 0 spiro atoms. The van der Waals surface area contributed by atoms with E-state index in [1.807, 2.05) is 97.1 Å². The fraction of sp³-hybridized carbons (Fsp3) is 0.453. The van der Waals surface area contributed by atoms with Gasteiger partial charge in [0.05, 0.1) is 32.8 Å². The highest BCUT2D eigenvalue weighted by atomic mass is 35.6. The van der Waals surface area contributed by atoms with Crippen LogP contribution in [0.4, 0.5) is 0 Å². The van der Waals surface area contributed by atoms with Gasteiger partial charge in [0.25, 0.3) is 18.0 Å².